The van der Waals surface area contributed by atoms with Gasteiger partial charge in [-0.15, -0.1) is 35.3 Å². The van der Waals surface area contributed by atoms with Gasteiger partial charge in [-0.1, -0.05) is 12.1 Å². The predicted molar refractivity (Wildman–Crippen MR) is 141 cm³/mol. The molecule has 6 nitrogen and oxygen atoms in total. The molecule has 3 rings (SSSR count). The third kappa shape index (κ3) is 7.18. The van der Waals surface area contributed by atoms with Crippen LogP contribution in [0.1, 0.15) is 33.3 Å². The van der Waals surface area contributed by atoms with Crippen LogP contribution in [0.15, 0.2) is 40.7 Å². The van der Waals surface area contributed by atoms with Gasteiger partial charge < -0.3 is 15.5 Å². The molecule has 31 heavy (non-hydrogen) atoms. The van der Waals surface area contributed by atoms with Crippen LogP contribution in [0.4, 0.5) is 0 Å². The maximum absolute atomic E-state index is 12.1. The number of benzene rings is 1. The molecule has 1 unspecified atom stereocenters. The van der Waals surface area contributed by atoms with Crippen molar-refractivity contribution in [2.24, 2.45) is 4.99 Å². The second kappa shape index (κ2) is 12.4. The van der Waals surface area contributed by atoms with E-state index in [2.05, 4.69) is 45.0 Å². The van der Waals surface area contributed by atoms with Gasteiger partial charge in [0.2, 0.25) is 0 Å². The third-order valence-corrected chi connectivity index (χ3v) is 6.56. The molecular formula is C23H34IN5OS. The summed E-state index contributed by atoms with van der Waals surface area (Å²) in [5.74, 6) is 0.846. The zero-order chi connectivity index (χ0) is 21.5. The Morgan fingerprint density at radius 1 is 1.29 bits per heavy atom. The minimum atomic E-state index is 0. The van der Waals surface area contributed by atoms with Crippen LogP contribution in [0, 0.1) is 0 Å². The Morgan fingerprint density at radius 2 is 2.10 bits per heavy atom. The molecule has 1 aromatic carbocycles. The van der Waals surface area contributed by atoms with Crippen LogP contribution in [0.25, 0.3) is 0 Å². The molecule has 1 atom stereocenters. The Labute approximate surface area is 207 Å². The summed E-state index contributed by atoms with van der Waals surface area (Å²) in [5, 5.41) is 9.04. The molecule has 1 aliphatic rings. The summed E-state index contributed by atoms with van der Waals surface area (Å²) in [4.78, 5) is 22.2. The highest BCUT2D eigenvalue weighted by Gasteiger charge is 2.21. The van der Waals surface area contributed by atoms with Gasteiger partial charge in [0.1, 0.15) is 0 Å². The van der Waals surface area contributed by atoms with E-state index in [1.54, 1.807) is 30.9 Å². The van der Waals surface area contributed by atoms with E-state index < -0.39 is 0 Å². The molecule has 0 aliphatic carbocycles. The lowest BCUT2D eigenvalue weighted by molar-refractivity contribution is 0.0827. The van der Waals surface area contributed by atoms with Crippen molar-refractivity contribution in [3.8, 4) is 0 Å². The second-order valence-electron chi connectivity index (χ2n) is 7.97. The number of halogens is 1. The van der Waals surface area contributed by atoms with E-state index in [9.17, 15) is 4.79 Å². The largest absolute Gasteiger partial charge is 0.356 e. The topological polar surface area (TPSA) is 60.0 Å². The van der Waals surface area contributed by atoms with Gasteiger partial charge in [-0.3, -0.25) is 14.7 Å². The van der Waals surface area contributed by atoms with Crippen molar-refractivity contribution < 1.29 is 4.79 Å². The quantitative estimate of drug-likeness (QED) is 0.313. The van der Waals surface area contributed by atoms with Crippen LogP contribution >= 0.6 is 35.3 Å². The van der Waals surface area contributed by atoms with Crippen LogP contribution in [0.5, 0.6) is 0 Å². The summed E-state index contributed by atoms with van der Waals surface area (Å²) in [6.45, 7) is 6.03. The molecule has 170 valence electrons. The number of guanidine groups is 1. The zero-order valence-electron chi connectivity index (χ0n) is 18.9. The second-order valence-corrected chi connectivity index (χ2v) is 8.97. The number of rotatable bonds is 7. The Bertz CT molecular complexity index is 882. The molecule has 0 saturated heterocycles. The number of fused-ring (bicyclic) bond motifs is 1. The fourth-order valence-electron chi connectivity index (χ4n) is 3.68. The van der Waals surface area contributed by atoms with E-state index in [4.69, 9.17) is 0 Å². The average Bonchev–Trinajstić information content (AvgIpc) is 3.23. The van der Waals surface area contributed by atoms with Crippen molar-refractivity contribution in [2.75, 3.05) is 40.8 Å². The SMILES string of the molecule is CN=C(NCCc1cccc(C(=O)N(C)C)c1)NCC(C)N1CCc2sccc2C1.I. The van der Waals surface area contributed by atoms with Gasteiger partial charge in [-0.2, -0.15) is 0 Å². The molecule has 0 bridgehead atoms. The highest BCUT2D eigenvalue weighted by atomic mass is 127. The number of carbonyl (C=O) groups excluding carboxylic acids is 1. The number of aliphatic imine (C=N–C) groups is 1. The fourth-order valence-corrected chi connectivity index (χ4v) is 4.57. The van der Waals surface area contributed by atoms with Crippen LogP contribution in [0.3, 0.4) is 0 Å². The van der Waals surface area contributed by atoms with Gasteiger partial charge in [-0.25, -0.2) is 0 Å². The van der Waals surface area contributed by atoms with Gasteiger partial charge in [0.25, 0.3) is 5.91 Å². The van der Waals surface area contributed by atoms with Crippen LogP contribution in [0.2, 0.25) is 0 Å². The first-order valence-corrected chi connectivity index (χ1v) is 11.4. The Balaban J connectivity index is 0.00000341. The minimum absolute atomic E-state index is 0. The lowest BCUT2D eigenvalue weighted by atomic mass is 10.1. The first-order valence-electron chi connectivity index (χ1n) is 10.5. The Morgan fingerprint density at radius 3 is 2.84 bits per heavy atom. The highest BCUT2D eigenvalue weighted by molar-refractivity contribution is 14.0. The molecule has 2 N–H and O–H groups in total. The number of nitrogens with zero attached hydrogens (tertiary/aromatic N) is 3. The molecule has 0 spiro atoms. The Hall–Kier alpha value is -1.65. The lowest BCUT2D eigenvalue weighted by Crippen LogP contribution is -2.47. The van der Waals surface area contributed by atoms with Crippen molar-refractivity contribution in [3.05, 3.63) is 57.3 Å². The summed E-state index contributed by atoms with van der Waals surface area (Å²) in [5.41, 5.74) is 3.35. The summed E-state index contributed by atoms with van der Waals surface area (Å²) in [6, 6.07) is 10.5. The summed E-state index contributed by atoms with van der Waals surface area (Å²) in [6.07, 6.45) is 1.98. The molecule has 0 radical (unpaired) electrons. The maximum Gasteiger partial charge on any atom is 0.253 e. The number of hydrogen-bond acceptors (Lipinski definition) is 4. The predicted octanol–water partition coefficient (Wildman–Crippen LogP) is 3.22. The van der Waals surface area contributed by atoms with E-state index in [0.717, 1.165) is 56.1 Å². The number of thiophene rings is 1. The fraction of sp³-hybridized carbons (Fsp3) is 0.478. The first kappa shape index (κ1) is 25.6. The third-order valence-electron chi connectivity index (χ3n) is 5.54. The van der Waals surface area contributed by atoms with Gasteiger partial charge in [0, 0.05) is 63.8 Å². The maximum atomic E-state index is 12.1. The molecule has 1 aliphatic heterocycles. The van der Waals surface area contributed by atoms with Crippen molar-refractivity contribution in [1.29, 1.82) is 0 Å². The molecular weight excluding hydrogens is 521 g/mol. The normalized spacial score (nSPS) is 14.9. The van der Waals surface area contributed by atoms with Crippen molar-refractivity contribution in [3.63, 3.8) is 0 Å². The summed E-state index contributed by atoms with van der Waals surface area (Å²) < 4.78 is 0. The Kier molecular flexibility index (Phi) is 10.2. The molecule has 0 saturated carbocycles. The molecule has 8 heteroatoms. The summed E-state index contributed by atoms with van der Waals surface area (Å²) >= 11 is 1.88. The van der Waals surface area contributed by atoms with Gasteiger partial charge in [0.15, 0.2) is 5.96 Å². The van der Waals surface area contributed by atoms with Gasteiger partial charge in [0.05, 0.1) is 0 Å². The van der Waals surface area contributed by atoms with Gasteiger partial charge in [-0.05, 0) is 54.5 Å². The molecule has 2 heterocycles. The molecule has 1 amide bonds. The van der Waals surface area contributed by atoms with Gasteiger partial charge >= 0.3 is 0 Å². The zero-order valence-corrected chi connectivity index (χ0v) is 22.0. The number of carbonyl (C=O) groups is 1. The standard InChI is InChI=1S/C23H33N5OS.HI/c1-17(28-12-9-21-20(16-28)10-13-30-21)15-26-23(24-2)25-11-8-18-6-5-7-19(14-18)22(29)27(3)4;/h5-7,10,13-14,17H,8-9,11-12,15-16H2,1-4H3,(H2,24,25,26);1H. The van der Waals surface area contributed by atoms with E-state index in [0.29, 0.717) is 6.04 Å². The van der Waals surface area contributed by atoms with Crippen molar-refractivity contribution in [2.45, 2.75) is 32.4 Å². The van der Waals surface area contributed by atoms with Crippen molar-refractivity contribution >= 4 is 47.2 Å². The van der Waals surface area contributed by atoms with Crippen LogP contribution < -0.4 is 10.6 Å². The van der Waals surface area contributed by atoms with Crippen LogP contribution in [-0.2, 0) is 19.4 Å². The molecule has 2 aromatic rings. The highest BCUT2D eigenvalue weighted by Crippen LogP contribution is 2.24. The molecule has 1 aromatic heterocycles. The minimum Gasteiger partial charge on any atom is -0.356 e. The first-order chi connectivity index (χ1) is 14.5. The smallest absolute Gasteiger partial charge is 0.253 e. The lowest BCUT2D eigenvalue weighted by Gasteiger charge is -2.32. The number of nitrogens with one attached hydrogen (secondary N) is 2. The van der Waals surface area contributed by atoms with E-state index in [1.807, 2.05) is 29.5 Å². The molecule has 0 fully saturated rings. The van der Waals surface area contributed by atoms with Crippen molar-refractivity contribution in [1.82, 2.24) is 20.4 Å². The number of hydrogen-bond donors (Lipinski definition) is 2. The number of amides is 1. The van der Waals surface area contributed by atoms with E-state index >= 15 is 0 Å². The van der Waals surface area contributed by atoms with E-state index in [-0.39, 0.29) is 29.9 Å². The van der Waals surface area contributed by atoms with Crippen LogP contribution in [-0.4, -0.2) is 68.5 Å². The monoisotopic (exact) mass is 555 g/mol. The summed E-state index contributed by atoms with van der Waals surface area (Å²) in [7, 11) is 5.35. The van der Waals surface area contributed by atoms with E-state index in [1.165, 1.54) is 5.56 Å². The average molecular weight is 556 g/mol.